The largest absolute Gasteiger partial charge is 0.343 e. The van der Waals surface area contributed by atoms with Crippen LogP contribution in [0, 0.1) is 0 Å². The van der Waals surface area contributed by atoms with Gasteiger partial charge in [-0.1, -0.05) is 42.5 Å². The van der Waals surface area contributed by atoms with Crippen LogP contribution in [-0.2, 0) is 16.8 Å². The van der Waals surface area contributed by atoms with Crippen molar-refractivity contribution in [3.8, 4) is 0 Å². The number of hydrogen-bond donors (Lipinski definition) is 1. The molecule has 1 aliphatic rings. The van der Waals surface area contributed by atoms with Crippen LogP contribution in [-0.4, -0.2) is 47.3 Å². The second-order valence-corrected chi connectivity index (χ2v) is 7.35. The average molecular weight is 362 g/mol. The Hall–Kier alpha value is -2.66. The molecular formula is C22H26N4O. The SMILES string of the molecule is CN(CCc1cccc2ccccc12)C(=O)C1(n2cccn2)CCNCC1. The van der Waals surface area contributed by atoms with Gasteiger partial charge >= 0.3 is 0 Å². The number of fused-ring (bicyclic) bond motifs is 1. The lowest BCUT2D eigenvalue weighted by Gasteiger charge is -2.39. The van der Waals surface area contributed by atoms with Gasteiger partial charge in [0.2, 0.25) is 5.91 Å². The van der Waals surface area contributed by atoms with Gasteiger partial charge in [-0.2, -0.15) is 5.10 Å². The van der Waals surface area contributed by atoms with Crippen LogP contribution in [0.15, 0.2) is 60.9 Å². The molecule has 0 bridgehead atoms. The van der Waals surface area contributed by atoms with E-state index in [1.165, 1.54) is 16.3 Å². The van der Waals surface area contributed by atoms with Crippen LogP contribution in [0.1, 0.15) is 18.4 Å². The Morgan fingerprint density at radius 1 is 1.15 bits per heavy atom. The van der Waals surface area contributed by atoms with E-state index in [1.54, 1.807) is 6.20 Å². The Balaban J connectivity index is 1.53. The van der Waals surface area contributed by atoms with Crippen molar-refractivity contribution in [2.75, 3.05) is 26.7 Å². The van der Waals surface area contributed by atoms with E-state index < -0.39 is 5.54 Å². The van der Waals surface area contributed by atoms with Crippen molar-refractivity contribution >= 4 is 16.7 Å². The van der Waals surface area contributed by atoms with Crippen molar-refractivity contribution in [1.29, 1.82) is 0 Å². The lowest BCUT2D eigenvalue weighted by Crippen LogP contribution is -2.55. The zero-order valence-corrected chi connectivity index (χ0v) is 15.8. The van der Waals surface area contributed by atoms with Gasteiger partial charge < -0.3 is 10.2 Å². The van der Waals surface area contributed by atoms with E-state index in [4.69, 9.17) is 0 Å². The summed E-state index contributed by atoms with van der Waals surface area (Å²) in [6, 6.07) is 16.7. The Labute approximate surface area is 160 Å². The molecule has 0 spiro atoms. The summed E-state index contributed by atoms with van der Waals surface area (Å²) in [7, 11) is 1.92. The van der Waals surface area contributed by atoms with Crippen LogP contribution in [0.25, 0.3) is 10.8 Å². The fraction of sp³-hybridized carbons (Fsp3) is 0.364. The summed E-state index contributed by atoms with van der Waals surface area (Å²) in [5.41, 5.74) is 0.716. The van der Waals surface area contributed by atoms with E-state index in [0.717, 1.165) is 32.4 Å². The second kappa shape index (κ2) is 7.53. The predicted octanol–water partition coefficient (Wildman–Crippen LogP) is 2.82. The van der Waals surface area contributed by atoms with Gasteiger partial charge in [0, 0.05) is 26.0 Å². The first kappa shape index (κ1) is 17.7. The third-order valence-corrected chi connectivity index (χ3v) is 5.71. The molecule has 0 radical (unpaired) electrons. The van der Waals surface area contributed by atoms with Gasteiger partial charge in [0.1, 0.15) is 5.54 Å². The zero-order chi connectivity index (χ0) is 18.7. The Bertz CT molecular complexity index is 908. The first-order valence-electron chi connectivity index (χ1n) is 9.64. The molecule has 0 aliphatic carbocycles. The van der Waals surface area contributed by atoms with E-state index in [9.17, 15) is 4.79 Å². The van der Waals surface area contributed by atoms with Gasteiger partial charge in [-0.05, 0) is 54.8 Å². The smallest absolute Gasteiger partial charge is 0.250 e. The molecule has 3 aromatic rings. The summed E-state index contributed by atoms with van der Waals surface area (Å²) in [6.45, 7) is 2.37. The highest BCUT2D eigenvalue weighted by atomic mass is 16.2. The molecule has 2 aromatic carbocycles. The van der Waals surface area contributed by atoms with Crippen LogP contribution >= 0.6 is 0 Å². The number of hydrogen-bond acceptors (Lipinski definition) is 3. The Kier molecular flexibility index (Phi) is 4.94. The number of aromatic nitrogens is 2. The molecule has 1 fully saturated rings. The van der Waals surface area contributed by atoms with Crippen molar-refractivity contribution in [1.82, 2.24) is 20.0 Å². The molecule has 5 heteroatoms. The minimum Gasteiger partial charge on any atom is -0.343 e. The lowest BCUT2D eigenvalue weighted by atomic mass is 9.86. The maximum atomic E-state index is 13.4. The minimum atomic E-state index is -0.567. The average Bonchev–Trinajstić information content (AvgIpc) is 3.27. The number of carbonyl (C=O) groups excluding carboxylic acids is 1. The molecule has 1 saturated heterocycles. The summed E-state index contributed by atoms with van der Waals surface area (Å²) in [4.78, 5) is 15.3. The number of piperidine rings is 1. The van der Waals surface area contributed by atoms with E-state index in [2.05, 4.69) is 52.9 Å². The molecule has 0 atom stereocenters. The monoisotopic (exact) mass is 362 g/mol. The van der Waals surface area contributed by atoms with Crippen molar-refractivity contribution in [2.45, 2.75) is 24.8 Å². The number of benzene rings is 2. The number of carbonyl (C=O) groups is 1. The summed E-state index contributed by atoms with van der Waals surface area (Å²) in [5, 5.41) is 10.3. The van der Waals surface area contributed by atoms with Crippen LogP contribution < -0.4 is 5.32 Å². The van der Waals surface area contributed by atoms with Crippen LogP contribution in [0.4, 0.5) is 0 Å². The molecule has 140 valence electrons. The Morgan fingerprint density at radius 3 is 2.70 bits per heavy atom. The number of amides is 1. The standard InChI is InChI=1S/C22H26N4O/c1-25(17-10-19-8-4-7-18-6-2-3-9-20(18)19)21(27)22(11-14-23-15-12-22)26-16-5-13-24-26/h2-9,13,16,23H,10-12,14-15,17H2,1H3. The van der Waals surface area contributed by atoms with E-state index >= 15 is 0 Å². The van der Waals surface area contributed by atoms with Gasteiger partial charge in [-0.15, -0.1) is 0 Å². The normalized spacial score (nSPS) is 16.3. The van der Waals surface area contributed by atoms with Crippen molar-refractivity contribution in [3.05, 3.63) is 66.5 Å². The molecule has 1 aromatic heterocycles. The van der Waals surface area contributed by atoms with Crippen LogP contribution in [0.2, 0.25) is 0 Å². The number of nitrogens with zero attached hydrogens (tertiary/aromatic N) is 3. The molecule has 1 amide bonds. The van der Waals surface area contributed by atoms with Crippen molar-refractivity contribution in [3.63, 3.8) is 0 Å². The predicted molar refractivity (Wildman–Crippen MR) is 108 cm³/mol. The van der Waals surface area contributed by atoms with E-state index in [1.807, 2.05) is 28.9 Å². The topological polar surface area (TPSA) is 50.2 Å². The van der Waals surface area contributed by atoms with Crippen molar-refractivity contribution in [2.24, 2.45) is 0 Å². The maximum absolute atomic E-state index is 13.4. The van der Waals surface area contributed by atoms with Crippen LogP contribution in [0.5, 0.6) is 0 Å². The number of rotatable bonds is 5. The molecule has 0 saturated carbocycles. The minimum absolute atomic E-state index is 0.160. The Morgan fingerprint density at radius 2 is 1.93 bits per heavy atom. The van der Waals surface area contributed by atoms with Gasteiger partial charge in [0.25, 0.3) is 0 Å². The maximum Gasteiger partial charge on any atom is 0.250 e. The highest BCUT2D eigenvalue weighted by Crippen LogP contribution is 2.29. The third kappa shape index (κ3) is 3.35. The molecule has 4 rings (SSSR count). The fourth-order valence-corrected chi connectivity index (χ4v) is 4.16. The van der Waals surface area contributed by atoms with E-state index in [-0.39, 0.29) is 5.91 Å². The first-order valence-corrected chi connectivity index (χ1v) is 9.64. The molecule has 0 unspecified atom stereocenters. The zero-order valence-electron chi connectivity index (χ0n) is 15.8. The van der Waals surface area contributed by atoms with Gasteiger partial charge in [-0.3, -0.25) is 9.48 Å². The van der Waals surface area contributed by atoms with Crippen LogP contribution in [0.3, 0.4) is 0 Å². The lowest BCUT2D eigenvalue weighted by molar-refractivity contribution is -0.141. The molecule has 1 N–H and O–H groups in total. The van der Waals surface area contributed by atoms with Gasteiger partial charge in [0.05, 0.1) is 0 Å². The number of nitrogens with one attached hydrogen (secondary N) is 1. The highest BCUT2D eigenvalue weighted by molar-refractivity contribution is 5.86. The first-order chi connectivity index (χ1) is 13.2. The summed E-state index contributed by atoms with van der Waals surface area (Å²) in [6.07, 6.45) is 6.06. The van der Waals surface area contributed by atoms with Crippen molar-refractivity contribution < 1.29 is 4.79 Å². The molecule has 5 nitrogen and oxygen atoms in total. The van der Waals surface area contributed by atoms with Gasteiger partial charge in [0.15, 0.2) is 0 Å². The molecule has 27 heavy (non-hydrogen) atoms. The number of likely N-dealkylation sites (N-methyl/N-ethyl adjacent to an activating group) is 1. The molecule has 1 aliphatic heterocycles. The van der Waals surface area contributed by atoms with E-state index in [0.29, 0.717) is 6.54 Å². The molecule has 2 heterocycles. The van der Waals surface area contributed by atoms with Gasteiger partial charge in [-0.25, -0.2) is 0 Å². The molecular weight excluding hydrogens is 336 g/mol. The highest BCUT2D eigenvalue weighted by Gasteiger charge is 2.43. The summed E-state index contributed by atoms with van der Waals surface area (Å²) >= 11 is 0. The fourth-order valence-electron chi connectivity index (χ4n) is 4.16. The summed E-state index contributed by atoms with van der Waals surface area (Å²) < 4.78 is 1.87. The quantitative estimate of drug-likeness (QED) is 0.759. The second-order valence-electron chi connectivity index (χ2n) is 7.35. The third-order valence-electron chi connectivity index (χ3n) is 5.71. The summed E-state index contributed by atoms with van der Waals surface area (Å²) in [5.74, 6) is 0.160.